The molecule has 28 heavy (non-hydrogen) atoms. The van der Waals surface area contributed by atoms with Crippen LogP contribution in [0.5, 0.6) is 5.75 Å². The first kappa shape index (κ1) is 20.6. The number of piperidine rings is 1. The maximum absolute atomic E-state index is 12.8. The Morgan fingerprint density at radius 3 is 2.57 bits per heavy atom. The molecule has 2 aromatic rings. The van der Waals surface area contributed by atoms with Crippen LogP contribution < -0.4 is 10.1 Å². The van der Waals surface area contributed by atoms with Crippen molar-refractivity contribution in [2.75, 3.05) is 25.5 Å². The number of benzene rings is 2. The van der Waals surface area contributed by atoms with Crippen molar-refractivity contribution in [3.8, 4) is 5.75 Å². The molecular weight excluding hydrogens is 400 g/mol. The second-order valence-corrected chi connectivity index (χ2v) is 9.31. The Hall–Kier alpha value is -2.09. The van der Waals surface area contributed by atoms with Crippen molar-refractivity contribution in [1.29, 1.82) is 0 Å². The SMILES string of the molecule is COc1ccc(Cl)cc1C(=O)Nc1ccc(S(=O)(=O)N2CCCC(C)C2)cc1. The summed E-state index contributed by atoms with van der Waals surface area (Å²) in [6.07, 6.45) is 1.92. The van der Waals surface area contributed by atoms with Gasteiger partial charge in [0, 0.05) is 23.8 Å². The second kappa shape index (κ2) is 8.51. The predicted molar refractivity (Wildman–Crippen MR) is 110 cm³/mol. The van der Waals surface area contributed by atoms with E-state index in [2.05, 4.69) is 12.2 Å². The summed E-state index contributed by atoms with van der Waals surface area (Å²) < 4.78 is 32.4. The number of halogens is 1. The third kappa shape index (κ3) is 4.48. The average Bonchev–Trinajstić information content (AvgIpc) is 2.68. The first-order valence-corrected chi connectivity index (χ1v) is 10.9. The van der Waals surface area contributed by atoms with Crippen LogP contribution in [0.1, 0.15) is 30.1 Å². The van der Waals surface area contributed by atoms with E-state index in [1.807, 2.05) is 0 Å². The zero-order valence-electron chi connectivity index (χ0n) is 15.8. The molecule has 0 spiro atoms. The average molecular weight is 423 g/mol. The van der Waals surface area contributed by atoms with Crippen molar-refractivity contribution < 1.29 is 17.9 Å². The fourth-order valence-corrected chi connectivity index (χ4v) is 5.05. The zero-order valence-corrected chi connectivity index (χ0v) is 17.4. The molecule has 1 unspecified atom stereocenters. The van der Waals surface area contributed by atoms with Crippen LogP contribution >= 0.6 is 11.6 Å². The molecule has 2 aromatic carbocycles. The van der Waals surface area contributed by atoms with Crippen molar-refractivity contribution in [1.82, 2.24) is 4.31 Å². The fraction of sp³-hybridized carbons (Fsp3) is 0.350. The van der Waals surface area contributed by atoms with Gasteiger partial charge in [0.2, 0.25) is 10.0 Å². The summed E-state index contributed by atoms with van der Waals surface area (Å²) in [7, 11) is -2.05. The molecule has 0 aromatic heterocycles. The number of anilines is 1. The van der Waals surface area contributed by atoms with E-state index in [4.69, 9.17) is 16.3 Å². The van der Waals surface area contributed by atoms with Gasteiger partial charge in [-0.1, -0.05) is 18.5 Å². The molecule has 150 valence electrons. The number of hydrogen-bond acceptors (Lipinski definition) is 4. The van der Waals surface area contributed by atoms with E-state index in [0.717, 1.165) is 12.8 Å². The van der Waals surface area contributed by atoms with Gasteiger partial charge in [-0.3, -0.25) is 4.79 Å². The molecule has 1 amide bonds. The number of sulfonamides is 1. The summed E-state index contributed by atoms with van der Waals surface area (Å²) in [4.78, 5) is 12.8. The highest BCUT2D eigenvalue weighted by Gasteiger charge is 2.28. The van der Waals surface area contributed by atoms with Gasteiger partial charge >= 0.3 is 0 Å². The number of methoxy groups -OCH3 is 1. The number of carbonyl (C=O) groups excluding carboxylic acids is 1. The molecular formula is C20H23ClN2O4S. The largest absolute Gasteiger partial charge is 0.496 e. The Balaban J connectivity index is 1.76. The van der Waals surface area contributed by atoms with Crippen LogP contribution in [-0.2, 0) is 10.0 Å². The number of nitrogens with zero attached hydrogens (tertiary/aromatic N) is 1. The van der Waals surface area contributed by atoms with E-state index in [9.17, 15) is 13.2 Å². The number of hydrogen-bond donors (Lipinski definition) is 1. The van der Waals surface area contributed by atoms with Gasteiger partial charge in [-0.25, -0.2) is 8.42 Å². The Labute approximate surface area is 170 Å². The van der Waals surface area contributed by atoms with Crippen molar-refractivity contribution in [2.24, 2.45) is 5.92 Å². The lowest BCUT2D eigenvalue weighted by Crippen LogP contribution is -2.39. The molecule has 1 N–H and O–H groups in total. The van der Waals surface area contributed by atoms with Gasteiger partial charge in [0.15, 0.2) is 0 Å². The predicted octanol–water partition coefficient (Wildman–Crippen LogP) is 4.02. The van der Waals surface area contributed by atoms with Gasteiger partial charge in [-0.15, -0.1) is 0 Å². The topological polar surface area (TPSA) is 75.7 Å². The standard InChI is InChI=1S/C20H23ClN2O4S/c1-14-4-3-11-23(13-14)28(25,26)17-8-6-16(7-9-17)22-20(24)18-12-15(21)5-10-19(18)27-2/h5-10,12,14H,3-4,11,13H2,1-2H3,(H,22,24). The first-order chi connectivity index (χ1) is 13.3. The van der Waals surface area contributed by atoms with Crippen molar-refractivity contribution in [2.45, 2.75) is 24.7 Å². The number of ether oxygens (including phenoxy) is 1. The van der Waals surface area contributed by atoms with Crippen molar-refractivity contribution >= 4 is 33.2 Å². The summed E-state index contributed by atoms with van der Waals surface area (Å²) in [5.41, 5.74) is 0.784. The van der Waals surface area contributed by atoms with Crippen LogP contribution in [-0.4, -0.2) is 38.8 Å². The molecule has 1 fully saturated rings. The molecule has 0 radical (unpaired) electrons. The van der Waals surface area contributed by atoms with Crippen LogP contribution in [0.4, 0.5) is 5.69 Å². The molecule has 1 aliphatic rings. The van der Waals surface area contributed by atoms with Gasteiger partial charge in [0.25, 0.3) is 5.91 Å². The van der Waals surface area contributed by atoms with Gasteiger partial charge < -0.3 is 10.1 Å². The molecule has 1 heterocycles. The number of rotatable bonds is 5. The van der Waals surface area contributed by atoms with E-state index >= 15 is 0 Å². The molecule has 0 bridgehead atoms. The van der Waals surface area contributed by atoms with E-state index in [1.165, 1.54) is 29.6 Å². The lowest BCUT2D eigenvalue weighted by molar-refractivity contribution is 0.102. The third-order valence-corrected chi connectivity index (χ3v) is 6.89. The quantitative estimate of drug-likeness (QED) is 0.789. The minimum Gasteiger partial charge on any atom is -0.496 e. The number of amides is 1. The summed E-state index contributed by atoms with van der Waals surface area (Å²) in [5.74, 6) is 0.370. The van der Waals surface area contributed by atoms with Crippen molar-refractivity contribution in [3.63, 3.8) is 0 Å². The molecule has 0 saturated carbocycles. The fourth-order valence-electron chi connectivity index (χ4n) is 3.28. The van der Waals surface area contributed by atoms with E-state index < -0.39 is 10.0 Å². The Morgan fingerprint density at radius 1 is 1.21 bits per heavy atom. The van der Waals surface area contributed by atoms with Gasteiger partial charge in [-0.2, -0.15) is 4.31 Å². The van der Waals surface area contributed by atoms with Crippen LogP contribution in [0.25, 0.3) is 0 Å². The summed E-state index contributed by atoms with van der Waals surface area (Å²) >= 11 is 5.97. The molecule has 1 saturated heterocycles. The summed E-state index contributed by atoms with van der Waals surface area (Å²) in [5, 5.41) is 3.16. The van der Waals surface area contributed by atoms with Crippen LogP contribution in [0.2, 0.25) is 5.02 Å². The second-order valence-electron chi connectivity index (χ2n) is 6.93. The number of nitrogens with one attached hydrogen (secondary N) is 1. The maximum atomic E-state index is 12.8. The maximum Gasteiger partial charge on any atom is 0.259 e. The highest BCUT2D eigenvalue weighted by Crippen LogP contribution is 2.26. The van der Waals surface area contributed by atoms with Crippen LogP contribution in [0.15, 0.2) is 47.4 Å². The summed E-state index contributed by atoms with van der Waals surface area (Å²) in [6, 6.07) is 11.0. The zero-order chi connectivity index (χ0) is 20.3. The van der Waals surface area contributed by atoms with Crippen molar-refractivity contribution in [3.05, 3.63) is 53.1 Å². The normalized spacial score (nSPS) is 17.9. The lowest BCUT2D eigenvalue weighted by Gasteiger charge is -2.30. The van der Waals surface area contributed by atoms with E-state index in [0.29, 0.717) is 41.0 Å². The molecule has 0 aliphatic carbocycles. The first-order valence-electron chi connectivity index (χ1n) is 9.06. The third-order valence-electron chi connectivity index (χ3n) is 4.78. The molecule has 6 nitrogen and oxygen atoms in total. The molecule has 3 rings (SSSR count). The Bertz CT molecular complexity index is 961. The van der Waals surface area contributed by atoms with E-state index in [1.54, 1.807) is 24.3 Å². The smallest absolute Gasteiger partial charge is 0.259 e. The Kier molecular flexibility index (Phi) is 6.27. The highest BCUT2D eigenvalue weighted by molar-refractivity contribution is 7.89. The lowest BCUT2D eigenvalue weighted by atomic mass is 10.0. The minimum absolute atomic E-state index is 0.222. The van der Waals surface area contributed by atoms with E-state index in [-0.39, 0.29) is 10.8 Å². The minimum atomic E-state index is -3.53. The van der Waals surface area contributed by atoms with Crippen LogP contribution in [0, 0.1) is 5.92 Å². The summed E-state index contributed by atoms with van der Waals surface area (Å²) in [6.45, 7) is 3.14. The highest BCUT2D eigenvalue weighted by atomic mass is 35.5. The van der Waals surface area contributed by atoms with Gasteiger partial charge in [0.1, 0.15) is 5.75 Å². The van der Waals surface area contributed by atoms with Gasteiger partial charge in [0.05, 0.1) is 17.6 Å². The molecule has 8 heteroatoms. The monoisotopic (exact) mass is 422 g/mol. The Morgan fingerprint density at radius 2 is 1.93 bits per heavy atom. The number of carbonyl (C=O) groups is 1. The van der Waals surface area contributed by atoms with Crippen LogP contribution in [0.3, 0.4) is 0 Å². The molecule has 1 aliphatic heterocycles. The van der Waals surface area contributed by atoms with Gasteiger partial charge in [-0.05, 0) is 61.2 Å². The molecule has 1 atom stereocenters.